The third-order valence-electron chi connectivity index (χ3n) is 3.61. The molecule has 25 heavy (non-hydrogen) atoms. The van der Waals surface area contributed by atoms with Crippen molar-refractivity contribution in [1.29, 1.82) is 0 Å². The molecule has 0 unspecified atom stereocenters. The highest BCUT2D eigenvalue weighted by molar-refractivity contribution is 7.89. The minimum atomic E-state index is -3.71. The molecule has 1 aromatic carbocycles. The van der Waals surface area contributed by atoms with Crippen molar-refractivity contribution in [2.75, 3.05) is 25.0 Å². The van der Waals surface area contributed by atoms with Crippen LogP contribution < -0.4 is 10.1 Å². The summed E-state index contributed by atoms with van der Waals surface area (Å²) in [4.78, 5) is 12.3. The summed E-state index contributed by atoms with van der Waals surface area (Å²) in [5.74, 6) is -0.000436. The van der Waals surface area contributed by atoms with Gasteiger partial charge in [-0.15, -0.1) is 0 Å². The molecule has 6 nitrogen and oxygen atoms in total. The minimum Gasteiger partial charge on any atom is -0.492 e. The van der Waals surface area contributed by atoms with Crippen LogP contribution in [0.25, 0.3) is 0 Å². The number of ether oxygens (including phenoxy) is 1. The first kappa shape index (κ1) is 19.4. The van der Waals surface area contributed by atoms with Crippen molar-refractivity contribution in [2.45, 2.75) is 25.7 Å². The fourth-order valence-corrected chi connectivity index (χ4v) is 4.61. The molecule has 0 radical (unpaired) electrons. The molecule has 0 fully saturated rings. The topological polar surface area (TPSA) is 75.7 Å². The van der Waals surface area contributed by atoms with Crippen molar-refractivity contribution in [2.24, 2.45) is 0 Å². The lowest BCUT2D eigenvalue weighted by Gasteiger charge is -2.21. The fraction of sp³-hybridized carbons (Fsp3) is 0.353. The number of sulfonamides is 1. The van der Waals surface area contributed by atoms with Crippen LogP contribution in [0.3, 0.4) is 0 Å². The second-order valence-corrected chi connectivity index (χ2v) is 7.84. The van der Waals surface area contributed by atoms with Gasteiger partial charge in [0.1, 0.15) is 10.6 Å². The zero-order valence-corrected chi connectivity index (χ0v) is 16.1. The molecule has 0 spiro atoms. The molecular weight excluding hydrogens is 360 g/mol. The number of nitrogens with zero attached hydrogens (tertiary/aromatic N) is 1. The molecule has 2 aromatic rings. The summed E-state index contributed by atoms with van der Waals surface area (Å²) in [6, 6.07) is 6.37. The summed E-state index contributed by atoms with van der Waals surface area (Å²) >= 11 is 1.42. The first-order chi connectivity index (χ1) is 11.9. The number of hydrogen-bond acceptors (Lipinski definition) is 5. The van der Waals surface area contributed by atoms with Crippen molar-refractivity contribution < 1.29 is 17.9 Å². The lowest BCUT2D eigenvalue weighted by molar-refractivity contribution is 0.102. The van der Waals surface area contributed by atoms with Crippen LogP contribution in [0.5, 0.6) is 5.75 Å². The minimum absolute atomic E-state index is 0.0566. The van der Waals surface area contributed by atoms with Crippen LogP contribution in [0.2, 0.25) is 0 Å². The van der Waals surface area contributed by atoms with Gasteiger partial charge in [-0.3, -0.25) is 4.79 Å². The second kappa shape index (κ2) is 8.46. The number of anilines is 1. The average molecular weight is 383 g/mol. The predicted molar refractivity (Wildman–Crippen MR) is 100.0 cm³/mol. The van der Waals surface area contributed by atoms with Crippen LogP contribution >= 0.6 is 11.3 Å². The molecule has 2 rings (SSSR count). The third-order valence-corrected chi connectivity index (χ3v) is 6.36. The van der Waals surface area contributed by atoms with Gasteiger partial charge in [0.15, 0.2) is 0 Å². The van der Waals surface area contributed by atoms with Gasteiger partial charge in [-0.05, 0) is 36.6 Å². The zero-order chi connectivity index (χ0) is 18.4. The third kappa shape index (κ3) is 4.39. The molecule has 1 N–H and O–H groups in total. The molecular formula is C17H22N2O4S2. The van der Waals surface area contributed by atoms with Crippen LogP contribution in [0, 0.1) is 0 Å². The Morgan fingerprint density at radius 2 is 1.92 bits per heavy atom. The quantitative estimate of drug-likeness (QED) is 0.759. The summed E-state index contributed by atoms with van der Waals surface area (Å²) in [6.07, 6.45) is 0. The standard InChI is InChI=1S/C17H22N2O4S2/c1-4-19(5-2)25(21,22)16-11-14(7-8-15(16)23-6-3)18-17(20)13-9-10-24-12-13/h7-12H,4-6H2,1-3H3,(H,18,20). The van der Waals surface area contributed by atoms with E-state index in [0.29, 0.717) is 30.9 Å². The normalized spacial score (nSPS) is 11.5. The highest BCUT2D eigenvalue weighted by Crippen LogP contribution is 2.30. The molecule has 0 aliphatic rings. The second-order valence-electron chi connectivity index (χ2n) is 5.15. The van der Waals surface area contributed by atoms with Gasteiger partial charge in [-0.1, -0.05) is 13.8 Å². The Balaban J connectivity index is 2.41. The van der Waals surface area contributed by atoms with E-state index in [-0.39, 0.29) is 16.6 Å². The molecule has 1 heterocycles. The number of hydrogen-bond donors (Lipinski definition) is 1. The van der Waals surface area contributed by atoms with E-state index < -0.39 is 10.0 Å². The number of thiophene rings is 1. The van der Waals surface area contributed by atoms with E-state index in [1.54, 1.807) is 44.4 Å². The summed E-state index contributed by atoms with van der Waals surface area (Å²) in [6.45, 7) is 6.42. The first-order valence-electron chi connectivity index (χ1n) is 8.04. The summed E-state index contributed by atoms with van der Waals surface area (Å²) in [5.41, 5.74) is 0.942. The van der Waals surface area contributed by atoms with Crippen molar-refractivity contribution in [3.8, 4) is 5.75 Å². The van der Waals surface area contributed by atoms with Crippen LogP contribution in [-0.4, -0.2) is 38.3 Å². The number of carbonyl (C=O) groups is 1. The Kier molecular flexibility index (Phi) is 6.57. The molecule has 0 aliphatic heterocycles. The van der Waals surface area contributed by atoms with E-state index in [1.165, 1.54) is 21.7 Å². The SMILES string of the molecule is CCOc1ccc(NC(=O)c2ccsc2)cc1S(=O)(=O)N(CC)CC. The van der Waals surface area contributed by atoms with Gasteiger partial charge in [-0.2, -0.15) is 15.6 Å². The number of amides is 1. The molecule has 1 amide bonds. The maximum atomic E-state index is 12.9. The van der Waals surface area contributed by atoms with Gasteiger partial charge in [0.05, 0.1) is 12.2 Å². The molecule has 0 saturated heterocycles. The van der Waals surface area contributed by atoms with Crippen LogP contribution in [0.15, 0.2) is 39.9 Å². The van der Waals surface area contributed by atoms with Crippen molar-refractivity contribution in [1.82, 2.24) is 4.31 Å². The molecule has 0 atom stereocenters. The zero-order valence-electron chi connectivity index (χ0n) is 14.5. The maximum Gasteiger partial charge on any atom is 0.256 e. The number of rotatable bonds is 8. The molecule has 0 aliphatic carbocycles. The van der Waals surface area contributed by atoms with E-state index in [9.17, 15) is 13.2 Å². The Bertz CT molecular complexity index is 813. The summed E-state index contributed by atoms with van der Waals surface area (Å²) in [5, 5.41) is 6.27. The predicted octanol–water partition coefficient (Wildman–Crippen LogP) is 3.43. The Hall–Kier alpha value is -1.90. The van der Waals surface area contributed by atoms with Gasteiger partial charge in [-0.25, -0.2) is 8.42 Å². The van der Waals surface area contributed by atoms with Crippen LogP contribution in [0.1, 0.15) is 31.1 Å². The van der Waals surface area contributed by atoms with Crippen molar-refractivity contribution in [3.05, 3.63) is 40.6 Å². The summed E-state index contributed by atoms with van der Waals surface area (Å²) < 4.78 is 32.6. The average Bonchev–Trinajstić information content (AvgIpc) is 3.12. The smallest absolute Gasteiger partial charge is 0.256 e. The molecule has 1 aromatic heterocycles. The first-order valence-corrected chi connectivity index (χ1v) is 10.4. The Labute approximate surface area is 152 Å². The highest BCUT2D eigenvalue weighted by Gasteiger charge is 2.26. The largest absolute Gasteiger partial charge is 0.492 e. The lowest BCUT2D eigenvalue weighted by atomic mass is 10.2. The van der Waals surface area contributed by atoms with Gasteiger partial charge in [0.2, 0.25) is 10.0 Å². The van der Waals surface area contributed by atoms with E-state index in [4.69, 9.17) is 4.74 Å². The van der Waals surface area contributed by atoms with Crippen molar-refractivity contribution >= 4 is 33.0 Å². The molecule has 0 saturated carbocycles. The van der Waals surface area contributed by atoms with Gasteiger partial charge < -0.3 is 10.1 Å². The maximum absolute atomic E-state index is 12.9. The van der Waals surface area contributed by atoms with E-state index in [2.05, 4.69) is 5.32 Å². The molecule has 0 bridgehead atoms. The number of nitrogens with one attached hydrogen (secondary N) is 1. The lowest BCUT2D eigenvalue weighted by Crippen LogP contribution is -2.31. The number of benzene rings is 1. The Morgan fingerprint density at radius 1 is 1.20 bits per heavy atom. The van der Waals surface area contributed by atoms with E-state index >= 15 is 0 Å². The van der Waals surface area contributed by atoms with Gasteiger partial charge in [0, 0.05) is 24.2 Å². The van der Waals surface area contributed by atoms with Gasteiger partial charge in [0.25, 0.3) is 5.91 Å². The van der Waals surface area contributed by atoms with E-state index in [1.807, 2.05) is 5.38 Å². The molecule has 136 valence electrons. The van der Waals surface area contributed by atoms with Gasteiger partial charge >= 0.3 is 0 Å². The monoisotopic (exact) mass is 382 g/mol. The number of carbonyl (C=O) groups excluding carboxylic acids is 1. The highest BCUT2D eigenvalue weighted by atomic mass is 32.2. The van der Waals surface area contributed by atoms with Crippen LogP contribution in [0.4, 0.5) is 5.69 Å². The molecule has 8 heteroatoms. The van der Waals surface area contributed by atoms with E-state index in [0.717, 1.165) is 0 Å². The van der Waals surface area contributed by atoms with Crippen molar-refractivity contribution in [3.63, 3.8) is 0 Å². The fourth-order valence-electron chi connectivity index (χ4n) is 2.36. The van der Waals surface area contributed by atoms with Crippen LogP contribution in [-0.2, 0) is 10.0 Å². The Morgan fingerprint density at radius 3 is 2.48 bits per heavy atom. The summed E-state index contributed by atoms with van der Waals surface area (Å²) in [7, 11) is -3.71.